The van der Waals surface area contributed by atoms with Crippen molar-refractivity contribution in [1.82, 2.24) is 19.5 Å². The van der Waals surface area contributed by atoms with Gasteiger partial charge >= 0.3 is 0 Å². The highest BCUT2D eigenvalue weighted by molar-refractivity contribution is 5.93. The predicted octanol–water partition coefficient (Wildman–Crippen LogP) is 4.12. The van der Waals surface area contributed by atoms with Gasteiger partial charge in [-0.25, -0.2) is 9.97 Å². The fraction of sp³-hybridized carbons (Fsp3) is 0.484. The SMILES string of the molecule is COc1cc2nc(N3CCOCC3)nc(N3CCC(CCn4c(C)nc5ccc(C)cc5c4=O)CC3)c2cc1OC. The van der Waals surface area contributed by atoms with E-state index >= 15 is 0 Å². The first kappa shape index (κ1) is 27.3. The number of hydrogen-bond donors (Lipinski definition) is 0. The molecule has 2 aliphatic heterocycles. The molecule has 0 saturated carbocycles. The molecule has 0 unspecified atom stereocenters. The van der Waals surface area contributed by atoms with Gasteiger partial charge in [-0.1, -0.05) is 11.6 Å². The fourth-order valence-corrected chi connectivity index (χ4v) is 6.03. The van der Waals surface area contributed by atoms with Crippen LogP contribution in [0.5, 0.6) is 11.5 Å². The molecule has 0 aliphatic carbocycles. The van der Waals surface area contributed by atoms with Crippen molar-refractivity contribution in [1.29, 1.82) is 0 Å². The van der Waals surface area contributed by atoms with Crippen LogP contribution in [0.4, 0.5) is 11.8 Å². The molecule has 0 N–H and O–H groups in total. The standard InChI is InChI=1S/C31H38N6O4/c1-20-5-6-25-24(17-20)30(38)37(21(2)32-25)12-9-22-7-10-35(11-8-22)29-23-18-27(39-3)28(40-4)19-26(23)33-31(34-29)36-13-15-41-16-14-36/h5-6,17-19,22H,7-16H2,1-4H3. The lowest BCUT2D eigenvalue weighted by Crippen LogP contribution is -2.38. The first-order chi connectivity index (χ1) is 19.9. The minimum atomic E-state index is 0.0566. The van der Waals surface area contributed by atoms with E-state index in [1.807, 2.05) is 48.7 Å². The van der Waals surface area contributed by atoms with E-state index in [4.69, 9.17) is 29.2 Å². The van der Waals surface area contributed by atoms with Crippen molar-refractivity contribution < 1.29 is 14.2 Å². The molecule has 216 valence electrons. The van der Waals surface area contributed by atoms with Crippen LogP contribution >= 0.6 is 0 Å². The Morgan fingerprint density at radius 3 is 2.32 bits per heavy atom. The zero-order valence-corrected chi connectivity index (χ0v) is 24.4. The van der Waals surface area contributed by atoms with Crippen LogP contribution in [0.25, 0.3) is 21.8 Å². The Bertz CT molecular complexity index is 1620. The van der Waals surface area contributed by atoms with Crippen LogP contribution in [0.15, 0.2) is 35.1 Å². The van der Waals surface area contributed by atoms with Crippen LogP contribution in [0.2, 0.25) is 0 Å². The van der Waals surface area contributed by atoms with Gasteiger partial charge in [-0.15, -0.1) is 0 Å². The quantitative estimate of drug-likeness (QED) is 0.332. The molecule has 0 amide bonds. The molecule has 41 heavy (non-hydrogen) atoms. The lowest BCUT2D eigenvalue weighted by atomic mass is 9.93. The van der Waals surface area contributed by atoms with E-state index in [9.17, 15) is 4.79 Å². The summed E-state index contributed by atoms with van der Waals surface area (Å²) in [7, 11) is 3.29. The number of benzene rings is 2. The highest BCUT2D eigenvalue weighted by Gasteiger charge is 2.25. The second-order valence-electron chi connectivity index (χ2n) is 11.0. The highest BCUT2D eigenvalue weighted by atomic mass is 16.5. The molecule has 10 nitrogen and oxygen atoms in total. The third-order valence-electron chi connectivity index (χ3n) is 8.44. The van der Waals surface area contributed by atoms with E-state index < -0.39 is 0 Å². The third-order valence-corrected chi connectivity index (χ3v) is 8.44. The lowest BCUT2D eigenvalue weighted by molar-refractivity contribution is 0.122. The van der Waals surface area contributed by atoms with Crippen molar-refractivity contribution in [2.45, 2.75) is 39.7 Å². The van der Waals surface area contributed by atoms with Crippen LogP contribution in [-0.2, 0) is 11.3 Å². The molecule has 4 aromatic rings. The summed E-state index contributed by atoms with van der Waals surface area (Å²) in [4.78, 5) is 32.5. The molecule has 2 aromatic heterocycles. The minimum Gasteiger partial charge on any atom is -0.493 e. The maximum absolute atomic E-state index is 13.3. The number of morpholine rings is 1. The van der Waals surface area contributed by atoms with Gasteiger partial charge in [-0.05, 0) is 57.2 Å². The van der Waals surface area contributed by atoms with E-state index in [0.29, 0.717) is 42.6 Å². The van der Waals surface area contributed by atoms with Gasteiger partial charge < -0.3 is 24.0 Å². The number of piperidine rings is 1. The van der Waals surface area contributed by atoms with Gasteiger partial charge in [0.15, 0.2) is 11.5 Å². The molecule has 0 spiro atoms. The molecular formula is C31H38N6O4. The van der Waals surface area contributed by atoms with E-state index in [0.717, 1.165) is 85.0 Å². The van der Waals surface area contributed by atoms with Crippen molar-refractivity contribution in [2.75, 3.05) is 63.4 Å². The molecule has 2 saturated heterocycles. The molecule has 2 aliphatic rings. The van der Waals surface area contributed by atoms with E-state index in [-0.39, 0.29) is 5.56 Å². The Morgan fingerprint density at radius 2 is 1.59 bits per heavy atom. The molecular weight excluding hydrogens is 520 g/mol. The number of anilines is 2. The average molecular weight is 559 g/mol. The van der Waals surface area contributed by atoms with Crippen LogP contribution in [0.1, 0.15) is 30.7 Å². The number of hydrogen-bond acceptors (Lipinski definition) is 9. The molecule has 2 fully saturated rings. The molecule has 2 aromatic carbocycles. The molecule has 0 bridgehead atoms. The van der Waals surface area contributed by atoms with Crippen molar-refractivity contribution in [3.05, 3.63) is 52.1 Å². The van der Waals surface area contributed by atoms with Crippen molar-refractivity contribution >= 4 is 33.6 Å². The number of ether oxygens (including phenoxy) is 3. The third kappa shape index (κ3) is 5.40. The number of fused-ring (bicyclic) bond motifs is 2. The van der Waals surface area contributed by atoms with Gasteiger partial charge in [0.05, 0.1) is 43.9 Å². The van der Waals surface area contributed by atoms with Crippen LogP contribution < -0.4 is 24.8 Å². The Balaban J connectivity index is 1.22. The van der Waals surface area contributed by atoms with Crippen molar-refractivity contribution in [3.8, 4) is 11.5 Å². The monoisotopic (exact) mass is 558 g/mol. The summed E-state index contributed by atoms with van der Waals surface area (Å²) in [5.74, 6) is 4.26. The summed E-state index contributed by atoms with van der Waals surface area (Å²) in [6.45, 7) is 9.26. The Kier molecular flexibility index (Phi) is 7.66. The van der Waals surface area contributed by atoms with Crippen molar-refractivity contribution in [2.24, 2.45) is 5.92 Å². The summed E-state index contributed by atoms with van der Waals surface area (Å²) in [5.41, 5.74) is 2.74. The van der Waals surface area contributed by atoms with E-state index in [1.165, 1.54) is 0 Å². The molecule has 6 rings (SSSR count). The zero-order chi connectivity index (χ0) is 28.5. The van der Waals surface area contributed by atoms with E-state index in [2.05, 4.69) is 9.80 Å². The largest absolute Gasteiger partial charge is 0.493 e. The Morgan fingerprint density at radius 1 is 0.854 bits per heavy atom. The van der Waals surface area contributed by atoms with Gasteiger partial charge in [0.25, 0.3) is 5.56 Å². The van der Waals surface area contributed by atoms with Gasteiger partial charge in [0.1, 0.15) is 11.6 Å². The fourth-order valence-electron chi connectivity index (χ4n) is 6.03. The topological polar surface area (TPSA) is 94.8 Å². The van der Waals surface area contributed by atoms with Gasteiger partial charge in [0, 0.05) is 44.2 Å². The normalized spacial score (nSPS) is 16.5. The van der Waals surface area contributed by atoms with Gasteiger partial charge in [-0.2, -0.15) is 4.98 Å². The number of aryl methyl sites for hydroxylation is 2. The first-order valence-corrected chi connectivity index (χ1v) is 14.4. The maximum atomic E-state index is 13.3. The number of nitrogens with zero attached hydrogens (tertiary/aromatic N) is 6. The highest BCUT2D eigenvalue weighted by Crippen LogP contribution is 2.37. The van der Waals surface area contributed by atoms with Crippen LogP contribution in [0, 0.1) is 19.8 Å². The lowest BCUT2D eigenvalue weighted by Gasteiger charge is -2.34. The summed E-state index contributed by atoms with van der Waals surface area (Å²) < 4.78 is 18.6. The summed E-state index contributed by atoms with van der Waals surface area (Å²) in [6, 6.07) is 9.81. The van der Waals surface area contributed by atoms with E-state index in [1.54, 1.807) is 14.2 Å². The number of methoxy groups -OCH3 is 2. The molecule has 4 heterocycles. The second kappa shape index (κ2) is 11.5. The first-order valence-electron chi connectivity index (χ1n) is 14.4. The average Bonchev–Trinajstić information content (AvgIpc) is 3.01. The molecule has 0 radical (unpaired) electrons. The number of aromatic nitrogens is 4. The Hall–Kier alpha value is -3.92. The number of rotatable bonds is 7. The smallest absolute Gasteiger partial charge is 0.261 e. The van der Waals surface area contributed by atoms with Crippen LogP contribution in [-0.4, -0.2) is 73.1 Å². The summed E-state index contributed by atoms with van der Waals surface area (Å²) in [6.07, 6.45) is 3.00. The zero-order valence-electron chi connectivity index (χ0n) is 24.4. The van der Waals surface area contributed by atoms with Gasteiger partial charge in [0.2, 0.25) is 5.95 Å². The van der Waals surface area contributed by atoms with Crippen LogP contribution in [0.3, 0.4) is 0 Å². The molecule has 0 atom stereocenters. The van der Waals surface area contributed by atoms with Crippen molar-refractivity contribution in [3.63, 3.8) is 0 Å². The summed E-state index contributed by atoms with van der Waals surface area (Å²) >= 11 is 0. The molecule has 10 heteroatoms. The Labute approximate surface area is 239 Å². The predicted molar refractivity (Wildman–Crippen MR) is 161 cm³/mol. The minimum absolute atomic E-state index is 0.0566. The second-order valence-corrected chi connectivity index (χ2v) is 11.0. The summed E-state index contributed by atoms with van der Waals surface area (Å²) in [5, 5.41) is 1.65. The van der Waals surface area contributed by atoms with Gasteiger partial charge in [-0.3, -0.25) is 9.36 Å². The maximum Gasteiger partial charge on any atom is 0.261 e.